The Kier molecular flexibility index (Phi) is 9.34. The zero-order chi connectivity index (χ0) is 24.6. The Hall–Kier alpha value is -3.99. The second-order valence-corrected chi connectivity index (χ2v) is 7.81. The average molecular weight is 650 g/mol. The predicted octanol–water partition coefficient (Wildman–Crippen LogP) is 6.47. The van der Waals surface area contributed by atoms with E-state index in [2.05, 4.69) is 47.0 Å². The normalized spacial score (nSPS) is 9.94. The van der Waals surface area contributed by atoms with Gasteiger partial charge in [-0.1, -0.05) is 66.9 Å². The Morgan fingerprint density at radius 2 is 1.17 bits per heavy atom. The molecule has 0 unspecified atom stereocenters. The van der Waals surface area contributed by atoms with Gasteiger partial charge in [-0.3, -0.25) is 19.7 Å². The molecule has 181 valence electrons. The molecule has 0 saturated carbocycles. The third-order valence-electron chi connectivity index (χ3n) is 5.28. The maximum Gasteiger partial charge on any atom is 0.265 e. The van der Waals surface area contributed by atoms with E-state index >= 15 is 0 Å². The van der Waals surface area contributed by atoms with Gasteiger partial charge in [0.05, 0.1) is 0 Å². The van der Waals surface area contributed by atoms with Crippen LogP contribution in [-0.4, -0.2) is 26.0 Å². The molecule has 0 aliphatic rings. The number of pyridine rings is 3. The van der Waals surface area contributed by atoms with Gasteiger partial charge in [0.1, 0.15) is 0 Å². The Bertz CT molecular complexity index is 1370. The summed E-state index contributed by atoms with van der Waals surface area (Å²) in [6.07, 6.45) is 5.28. The molecule has 36 heavy (non-hydrogen) atoms. The molecule has 0 amide bonds. The number of aromatic nitrogens is 3. The quantitative estimate of drug-likeness (QED) is 0.226. The van der Waals surface area contributed by atoms with Crippen LogP contribution in [-0.2, 0) is 20.1 Å². The molecule has 1 N–H and O–H groups in total. The maximum absolute atomic E-state index is 10.7. The van der Waals surface area contributed by atoms with Gasteiger partial charge in [0.2, 0.25) is 0 Å². The van der Waals surface area contributed by atoms with Crippen LogP contribution in [0.3, 0.4) is 0 Å². The van der Waals surface area contributed by atoms with Crippen LogP contribution in [0.4, 0.5) is 0 Å². The van der Waals surface area contributed by atoms with Gasteiger partial charge in [-0.15, -0.1) is 47.5 Å². The standard InChI is InChI=1S/C18H15N2.C12H8NO2.Ir/c1-13-11-14(2)16(18-8-4-6-10-20-18)12-15(13)17-7-3-5-9-19-17;14-12(15)10-5-3-4-9(8-10)11-6-1-2-7-13-11;/h3-11H,1-2H3;1-7H,(H,14,15);/q2*-1;. The van der Waals surface area contributed by atoms with E-state index in [4.69, 9.17) is 5.11 Å². The van der Waals surface area contributed by atoms with Gasteiger partial charge < -0.3 is 5.11 Å². The van der Waals surface area contributed by atoms with Crippen molar-refractivity contribution in [1.82, 2.24) is 15.0 Å². The molecule has 5 rings (SSSR count). The molecule has 2 aromatic carbocycles. The Morgan fingerprint density at radius 1 is 0.667 bits per heavy atom. The minimum atomic E-state index is -0.979. The zero-order valence-corrected chi connectivity index (χ0v) is 22.2. The molecule has 5 aromatic rings. The first-order valence-corrected chi connectivity index (χ1v) is 11.1. The summed E-state index contributed by atoms with van der Waals surface area (Å²) >= 11 is 0. The van der Waals surface area contributed by atoms with E-state index < -0.39 is 5.97 Å². The summed E-state index contributed by atoms with van der Waals surface area (Å²) in [4.78, 5) is 23.7. The number of benzene rings is 2. The van der Waals surface area contributed by atoms with E-state index in [9.17, 15) is 4.79 Å². The second-order valence-electron chi connectivity index (χ2n) is 7.81. The molecule has 6 heteroatoms. The molecular formula is C30H23IrN3O2-2. The number of hydrogen-bond donors (Lipinski definition) is 1. The summed E-state index contributed by atoms with van der Waals surface area (Å²) in [5.41, 5.74) is 7.90. The van der Waals surface area contributed by atoms with Crippen LogP contribution in [0, 0.1) is 26.0 Å². The van der Waals surface area contributed by atoms with Crippen LogP contribution >= 0.6 is 0 Å². The fourth-order valence-electron chi connectivity index (χ4n) is 3.61. The molecule has 0 fully saturated rings. The Balaban J connectivity index is 0.000000203. The molecule has 0 saturated heterocycles. The minimum Gasteiger partial charge on any atom is -0.513 e. The first-order valence-electron chi connectivity index (χ1n) is 11.1. The van der Waals surface area contributed by atoms with Crippen molar-refractivity contribution in [3.05, 3.63) is 126 Å². The molecule has 0 atom stereocenters. The summed E-state index contributed by atoms with van der Waals surface area (Å²) in [7, 11) is 0. The first-order chi connectivity index (χ1) is 17.0. The van der Waals surface area contributed by atoms with Gasteiger partial charge in [0.15, 0.2) is 0 Å². The molecule has 0 spiro atoms. The van der Waals surface area contributed by atoms with Gasteiger partial charge >= 0.3 is 0 Å². The van der Waals surface area contributed by atoms with E-state index in [1.807, 2.05) is 67.0 Å². The molecule has 0 bridgehead atoms. The van der Waals surface area contributed by atoms with Crippen molar-refractivity contribution in [3.63, 3.8) is 0 Å². The van der Waals surface area contributed by atoms with Crippen LogP contribution in [0.15, 0.2) is 97.5 Å². The monoisotopic (exact) mass is 650 g/mol. The zero-order valence-electron chi connectivity index (χ0n) is 19.8. The fraction of sp³-hybridized carbons (Fsp3) is 0.0667. The smallest absolute Gasteiger partial charge is 0.265 e. The van der Waals surface area contributed by atoms with Crippen molar-refractivity contribution in [2.24, 2.45) is 0 Å². The second kappa shape index (κ2) is 12.6. The number of carboxylic acid groups (broad SMARTS) is 1. The van der Waals surface area contributed by atoms with Crippen molar-refractivity contribution in [2.75, 3.05) is 0 Å². The van der Waals surface area contributed by atoms with Crippen LogP contribution in [0.1, 0.15) is 21.5 Å². The summed E-state index contributed by atoms with van der Waals surface area (Å²) in [5, 5.41) is 8.80. The molecule has 3 heterocycles. The molecule has 5 nitrogen and oxygen atoms in total. The summed E-state index contributed by atoms with van der Waals surface area (Å²) in [5.74, 6) is -0.979. The third-order valence-corrected chi connectivity index (χ3v) is 5.28. The number of carboxylic acids is 1. The molecular weight excluding hydrogens is 627 g/mol. The van der Waals surface area contributed by atoms with Crippen molar-refractivity contribution >= 4 is 5.97 Å². The SMILES string of the molecule is Cc1cc(C)c(-c2ccccn2)[c-]c1-c1ccccn1.O=C(O)c1[c-]c(-c2ccccn2)ccc1.[Ir]. The largest absolute Gasteiger partial charge is 0.513 e. The van der Waals surface area contributed by atoms with E-state index in [0.717, 1.165) is 28.2 Å². The maximum atomic E-state index is 10.7. The topological polar surface area (TPSA) is 76.0 Å². The molecule has 0 aliphatic carbocycles. The number of aryl methyl sites for hydroxylation is 2. The summed E-state index contributed by atoms with van der Waals surface area (Å²) in [6.45, 7) is 4.19. The Morgan fingerprint density at radius 3 is 1.61 bits per heavy atom. The molecule has 0 aliphatic heterocycles. The van der Waals surface area contributed by atoms with Crippen LogP contribution in [0.25, 0.3) is 33.8 Å². The van der Waals surface area contributed by atoms with Crippen LogP contribution in [0.5, 0.6) is 0 Å². The average Bonchev–Trinajstić information content (AvgIpc) is 2.91. The molecule has 3 aromatic heterocycles. The van der Waals surface area contributed by atoms with Gasteiger partial charge in [0.25, 0.3) is 5.97 Å². The number of carbonyl (C=O) groups is 1. The summed E-state index contributed by atoms with van der Waals surface area (Å²) in [6, 6.07) is 30.8. The number of rotatable bonds is 4. The van der Waals surface area contributed by atoms with Crippen molar-refractivity contribution in [2.45, 2.75) is 13.8 Å². The number of nitrogens with zero attached hydrogens (tertiary/aromatic N) is 3. The summed E-state index contributed by atoms with van der Waals surface area (Å²) < 4.78 is 0. The van der Waals surface area contributed by atoms with Crippen molar-refractivity contribution in [3.8, 4) is 33.8 Å². The van der Waals surface area contributed by atoms with Gasteiger partial charge in [-0.25, -0.2) is 0 Å². The van der Waals surface area contributed by atoms with E-state index in [-0.39, 0.29) is 25.7 Å². The van der Waals surface area contributed by atoms with Crippen LogP contribution < -0.4 is 0 Å². The van der Waals surface area contributed by atoms with E-state index in [0.29, 0.717) is 5.56 Å². The van der Waals surface area contributed by atoms with E-state index in [1.165, 1.54) is 17.2 Å². The predicted molar refractivity (Wildman–Crippen MR) is 137 cm³/mol. The van der Waals surface area contributed by atoms with Crippen molar-refractivity contribution in [1.29, 1.82) is 0 Å². The van der Waals surface area contributed by atoms with Crippen molar-refractivity contribution < 1.29 is 30.0 Å². The van der Waals surface area contributed by atoms with Gasteiger partial charge in [0, 0.05) is 55.8 Å². The first kappa shape index (κ1) is 26.6. The third kappa shape index (κ3) is 6.57. The van der Waals surface area contributed by atoms with Crippen LogP contribution in [0.2, 0.25) is 0 Å². The van der Waals surface area contributed by atoms with Gasteiger partial charge in [-0.2, -0.15) is 0 Å². The van der Waals surface area contributed by atoms with Gasteiger partial charge in [-0.05, 0) is 23.8 Å². The number of aromatic carboxylic acids is 1. The minimum absolute atomic E-state index is 0. The molecule has 1 radical (unpaired) electrons. The number of hydrogen-bond acceptors (Lipinski definition) is 4. The van der Waals surface area contributed by atoms with E-state index in [1.54, 1.807) is 18.3 Å². The Labute approximate surface area is 224 Å². The fourth-order valence-corrected chi connectivity index (χ4v) is 3.61.